The fraction of sp³-hybridized carbons (Fsp3) is 0.909. The van der Waals surface area contributed by atoms with Gasteiger partial charge in [-0.15, -0.1) is 0 Å². The number of nitrogens with zero attached hydrogens (tertiary/aromatic N) is 1. The molecule has 1 rings (SSSR count). The molecule has 0 atom stereocenters. The van der Waals surface area contributed by atoms with Crippen LogP contribution in [0.5, 0.6) is 0 Å². The van der Waals surface area contributed by atoms with E-state index in [9.17, 15) is 4.79 Å². The number of amides is 1. The molecule has 0 saturated carbocycles. The summed E-state index contributed by atoms with van der Waals surface area (Å²) in [5.41, 5.74) is -0.00799. The second-order valence-electron chi connectivity index (χ2n) is 3.66. The average Bonchev–Trinajstić information content (AvgIpc) is 2.21. The fourth-order valence-electron chi connectivity index (χ4n) is 1.50. The summed E-state index contributed by atoms with van der Waals surface area (Å²) >= 11 is 0. The summed E-state index contributed by atoms with van der Waals surface area (Å²) in [4.78, 5) is 12.9. The molecule has 0 N–H and O–H groups in total. The summed E-state index contributed by atoms with van der Waals surface area (Å²) in [6.45, 7) is 9.39. The quantitative estimate of drug-likeness (QED) is 0.650. The van der Waals surface area contributed by atoms with Crippen LogP contribution in [0.4, 0.5) is 0 Å². The van der Waals surface area contributed by atoms with E-state index in [1.807, 2.05) is 18.7 Å². The van der Waals surface area contributed by atoms with Crippen LogP contribution in [-0.2, 0) is 9.53 Å². The Balaban J connectivity index is 0.000000791. The summed E-state index contributed by atoms with van der Waals surface area (Å²) in [7, 11) is 1.74. The Labute approximate surface area is 87.4 Å². The first-order valence-corrected chi connectivity index (χ1v) is 5.38. The lowest BCUT2D eigenvalue weighted by atomic mass is 9.93. The van der Waals surface area contributed by atoms with E-state index in [0.29, 0.717) is 0 Å². The van der Waals surface area contributed by atoms with E-state index in [2.05, 4.69) is 6.92 Å². The minimum atomic E-state index is -0.00799. The number of piperidine rings is 1. The van der Waals surface area contributed by atoms with Crippen LogP contribution in [0.1, 0.15) is 40.5 Å². The zero-order valence-electron chi connectivity index (χ0n) is 10.1. The number of hydrogen-bond acceptors (Lipinski definition) is 2. The average molecular weight is 201 g/mol. The molecule has 14 heavy (non-hydrogen) atoms. The third-order valence-corrected chi connectivity index (χ3v) is 2.76. The van der Waals surface area contributed by atoms with Crippen molar-refractivity contribution in [1.29, 1.82) is 0 Å². The van der Waals surface area contributed by atoms with Crippen LogP contribution in [0.15, 0.2) is 0 Å². The van der Waals surface area contributed by atoms with E-state index in [0.717, 1.165) is 25.9 Å². The topological polar surface area (TPSA) is 29.5 Å². The largest absolute Gasteiger partial charge is 0.378 e. The van der Waals surface area contributed by atoms with E-state index in [1.54, 1.807) is 14.0 Å². The fourth-order valence-corrected chi connectivity index (χ4v) is 1.50. The molecule has 0 aromatic heterocycles. The van der Waals surface area contributed by atoms with E-state index in [4.69, 9.17) is 4.74 Å². The first kappa shape index (κ1) is 13.4. The van der Waals surface area contributed by atoms with Crippen LogP contribution in [0.2, 0.25) is 0 Å². The number of methoxy groups -OCH3 is 1. The van der Waals surface area contributed by atoms with Gasteiger partial charge in [-0.2, -0.15) is 0 Å². The summed E-state index contributed by atoms with van der Waals surface area (Å²) in [5, 5.41) is 0. The Morgan fingerprint density at radius 3 is 2.00 bits per heavy atom. The molecule has 0 radical (unpaired) electrons. The third kappa shape index (κ3) is 3.66. The summed E-state index contributed by atoms with van der Waals surface area (Å²) in [6, 6.07) is 0. The van der Waals surface area contributed by atoms with E-state index in [-0.39, 0.29) is 11.5 Å². The Bertz CT molecular complexity index is 172. The molecule has 1 aliphatic rings. The molecule has 0 aliphatic carbocycles. The number of hydrogen-bond donors (Lipinski definition) is 0. The lowest BCUT2D eigenvalue weighted by Crippen LogP contribution is -2.45. The highest BCUT2D eigenvalue weighted by molar-refractivity contribution is 5.73. The van der Waals surface area contributed by atoms with Gasteiger partial charge >= 0.3 is 0 Å². The second-order valence-corrected chi connectivity index (χ2v) is 3.66. The van der Waals surface area contributed by atoms with Crippen molar-refractivity contribution in [3.05, 3.63) is 0 Å². The predicted molar refractivity (Wildman–Crippen MR) is 58.3 cm³/mol. The highest BCUT2D eigenvalue weighted by Crippen LogP contribution is 2.24. The lowest BCUT2D eigenvalue weighted by Gasteiger charge is -2.37. The summed E-state index contributed by atoms with van der Waals surface area (Å²) in [6.07, 6.45) is 1.90. The molecule has 1 amide bonds. The maximum atomic E-state index is 11.0. The maximum Gasteiger partial charge on any atom is 0.219 e. The van der Waals surface area contributed by atoms with Crippen molar-refractivity contribution in [1.82, 2.24) is 4.90 Å². The molecule has 0 bridgehead atoms. The van der Waals surface area contributed by atoms with Crippen LogP contribution >= 0.6 is 0 Å². The monoisotopic (exact) mass is 201 g/mol. The Morgan fingerprint density at radius 2 is 1.71 bits per heavy atom. The molecule has 1 aliphatic heterocycles. The molecular formula is C11H23NO2. The second kappa shape index (κ2) is 6.02. The van der Waals surface area contributed by atoms with Gasteiger partial charge in [0.25, 0.3) is 0 Å². The Hall–Kier alpha value is -0.570. The number of ether oxygens (including phenoxy) is 1. The van der Waals surface area contributed by atoms with Gasteiger partial charge in [0.2, 0.25) is 5.91 Å². The minimum absolute atomic E-state index is 0.00799. The van der Waals surface area contributed by atoms with Gasteiger partial charge in [-0.3, -0.25) is 4.79 Å². The molecule has 0 aromatic rings. The molecule has 0 unspecified atom stereocenters. The lowest BCUT2D eigenvalue weighted by molar-refractivity contribution is -0.133. The van der Waals surface area contributed by atoms with Gasteiger partial charge in [-0.05, 0) is 19.8 Å². The zero-order chi connectivity index (χ0) is 11.2. The van der Waals surface area contributed by atoms with E-state index >= 15 is 0 Å². The Morgan fingerprint density at radius 1 is 1.29 bits per heavy atom. The number of rotatable bonds is 1. The van der Waals surface area contributed by atoms with Crippen LogP contribution in [0, 0.1) is 0 Å². The molecule has 3 nitrogen and oxygen atoms in total. The highest BCUT2D eigenvalue weighted by atomic mass is 16.5. The molecule has 0 aromatic carbocycles. The van der Waals surface area contributed by atoms with Crippen molar-refractivity contribution in [2.45, 2.75) is 46.1 Å². The molecule has 0 spiro atoms. The molecule has 3 heteroatoms. The van der Waals surface area contributed by atoms with Crippen LogP contribution in [0.25, 0.3) is 0 Å². The van der Waals surface area contributed by atoms with Crippen molar-refractivity contribution in [3.63, 3.8) is 0 Å². The van der Waals surface area contributed by atoms with Gasteiger partial charge in [-0.1, -0.05) is 13.8 Å². The molecule has 1 heterocycles. The van der Waals surface area contributed by atoms with Crippen LogP contribution in [-0.4, -0.2) is 36.6 Å². The normalized spacial score (nSPS) is 19.6. The van der Waals surface area contributed by atoms with Crippen LogP contribution < -0.4 is 0 Å². The van der Waals surface area contributed by atoms with Gasteiger partial charge in [0.05, 0.1) is 5.60 Å². The summed E-state index contributed by atoms with van der Waals surface area (Å²) in [5.74, 6) is 0.174. The Kier molecular flexibility index (Phi) is 5.77. The van der Waals surface area contributed by atoms with E-state index < -0.39 is 0 Å². The number of carbonyl (C=O) groups is 1. The molecule has 1 saturated heterocycles. The SMILES string of the molecule is CC.COC1(C)CCN(C(C)=O)CC1. The molecular weight excluding hydrogens is 178 g/mol. The van der Waals surface area contributed by atoms with Gasteiger partial charge in [-0.25, -0.2) is 0 Å². The minimum Gasteiger partial charge on any atom is -0.378 e. The predicted octanol–water partition coefficient (Wildman–Crippen LogP) is 2.06. The molecule has 1 fully saturated rings. The van der Waals surface area contributed by atoms with Gasteiger partial charge in [0, 0.05) is 27.1 Å². The number of likely N-dealkylation sites (tertiary alicyclic amines) is 1. The van der Waals surface area contributed by atoms with Gasteiger partial charge in [0.1, 0.15) is 0 Å². The maximum absolute atomic E-state index is 11.0. The van der Waals surface area contributed by atoms with Crippen molar-refractivity contribution >= 4 is 5.91 Å². The first-order chi connectivity index (χ1) is 6.57. The van der Waals surface area contributed by atoms with Gasteiger partial charge < -0.3 is 9.64 Å². The van der Waals surface area contributed by atoms with Crippen molar-refractivity contribution in [3.8, 4) is 0 Å². The van der Waals surface area contributed by atoms with Crippen molar-refractivity contribution in [2.75, 3.05) is 20.2 Å². The summed E-state index contributed by atoms with van der Waals surface area (Å²) < 4.78 is 5.37. The smallest absolute Gasteiger partial charge is 0.219 e. The first-order valence-electron chi connectivity index (χ1n) is 5.38. The third-order valence-electron chi connectivity index (χ3n) is 2.76. The van der Waals surface area contributed by atoms with Crippen LogP contribution in [0.3, 0.4) is 0 Å². The zero-order valence-corrected chi connectivity index (χ0v) is 10.1. The van der Waals surface area contributed by atoms with E-state index in [1.165, 1.54) is 0 Å². The highest BCUT2D eigenvalue weighted by Gasteiger charge is 2.30. The number of carbonyl (C=O) groups excluding carboxylic acids is 1. The molecule has 84 valence electrons. The van der Waals surface area contributed by atoms with Crippen molar-refractivity contribution in [2.24, 2.45) is 0 Å². The standard InChI is InChI=1S/C9H17NO2.C2H6/c1-8(11)10-6-4-9(2,12-3)5-7-10;1-2/h4-7H2,1-3H3;1-2H3. The van der Waals surface area contributed by atoms with Gasteiger partial charge in [0.15, 0.2) is 0 Å². The van der Waals surface area contributed by atoms with Crippen molar-refractivity contribution < 1.29 is 9.53 Å².